The lowest BCUT2D eigenvalue weighted by Crippen LogP contribution is -2.33. The lowest BCUT2D eigenvalue weighted by atomic mass is 10.1. The zero-order chi connectivity index (χ0) is 14.7. The molecule has 1 atom stereocenters. The van der Waals surface area contributed by atoms with E-state index in [2.05, 4.69) is 15.1 Å². The van der Waals surface area contributed by atoms with E-state index in [0.717, 1.165) is 12.0 Å². The minimum Gasteiger partial charge on any atom is -0.328 e. The Kier molecular flexibility index (Phi) is 4.35. The van der Waals surface area contributed by atoms with Gasteiger partial charge in [0.15, 0.2) is 5.16 Å². The van der Waals surface area contributed by atoms with Crippen molar-refractivity contribution in [1.29, 1.82) is 0 Å². The molecule has 2 heterocycles. The van der Waals surface area contributed by atoms with Crippen molar-refractivity contribution in [2.75, 3.05) is 0 Å². The first-order valence-electron chi connectivity index (χ1n) is 6.01. The Morgan fingerprint density at radius 1 is 1.45 bits per heavy atom. The summed E-state index contributed by atoms with van der Waals surface area (Å²) in [5, 5.41) is 3.45. The van der Waals surface area contributed by atoms with E-state index in [-0.39, 0.29) is 6.04 Å². The van der Waals surface area contributed by atoms with Crippen LogP contribution in [-0.2, 0) is 13.5 Å². The van der Waals surface area contributed by atoms with Gasteiger partial charge in [0.1, 0.15) is 5.03 Å². The van der Waals surface area contributed by atoms with Gasteiger partial charge in [-0.15, -0.1) is 0 Å². The Morgan fingerprint density at radius 3 is 2.80 bits per heavy atom. The molecule has 2 rings (SSSR count). The van der Waals surface area contributed by atoms with Crippen LogP contribution in [0.5, 0.6) is 0 Å². The molecule has 0 amide bonds. The second kappa shape index (κ2) is 6.02. The van der Waals surface area contributed by atoms with Crippen LogP contribution in [0.1, 0.15) is 12.5 Å². The number of aryl methyl sites for hydroxylation is 1. The second-order valence-corrected chi connectivity index (χ2v) is 5.48. The number of nitrogens with zero attached hydrogens (tertiary/aromatic N) is 3. The summed E-state index contributed by atoms with van der Waals surface area (Å²) < 4.78 is 1.39. The number of nitrogens with two attached hydrogens (primary N) is 1. The van der Waals surface area contributed by atoms with Crippen molar-refractivity contribution < 1.29 is 0 Å². The van der Waals surface area contributed by atoms with E-state index in [4.69, 9.17) is 5.73 Å². The van der Waals surface area contributed by atoms with Crippen molar-refractivity contribution in [2.45, 2.75) is 29.6 Å². The third-order valence-electron chi connectivity index (χ3n) is 2.50. The van der Waals surface area contributed by atoms with Gasteiger partial charge in [-0.3, -0.25) is 19.4 Å². The highest BCUT2D eigenvalue weighted by Gasteiger charge is 2.07. The number of aromatic amines is 1. The molecule has 7 nitrogen and oxygen atoms in total. The first-order chi connectivity index (χ1) is 9.45. The molecule has 0 aliphatic heterocycles. The van der Waals surface area contributed by atoms with Crippen molar-refractivity contribution in [1.82, 2.24) is 19.7 Å². The number of hydrogen-bond donors (Lipinski definition) is 2. The van der Waals surface area contributed by atoms with Crippen molar-refractivity contribution in [3.8, 4) is 0 Å². The topological polar surface area (TPSA) is 107 Å². The molecule has 0 aromatic carbocycles. The fourth-order valence-corrected chi connectivity index (χ4v) is 2.35. The summed E-state index contributed by atoms with van der Waals surface area (Å²) >= 11 is 1.20. The second-order valence-electron chi connectivity index (χ2n) is 4.49. The fraction of sp³-hybridized carbons (Fsp3) is 0.333. The fourth-order valence-electron chi connectivity index (χ4n) is 1.61. The third-order valence-corrected chi connectivity index (χ3v) is 3.50. The molecule has 20 heavy (non-hydrogen) atoms. The average Bonchev–Trinajstić information content (AvgIpc) is 2.37. The van der Waals surface area contributed by atoms with E-state index in [0.29, 0.717) is 10.2 Å². The summed E-state index contributed by atoms with van der Waals surface area (Å²) in [6.07, 6.45) is 2.50. The molecule has 3 N–H and O–H groups in total. The van der Waals surface area contributed by atoms with Crippen LogP contribution in [0.25, 0.3) is 0 Å². The van der Waals surface area contributed by atoms with E-state index in [1.54, 1.807) is 13.2 Å². The largest absolute Gasteiger partial charge is 0.339 e. The molecule has 106 valence electrons. The molecule has 0 saturated carbocycles. The Balaban J connectivity index is 2.20. The molecule has 2 aromatic rings. The van der Waals surface area contributed by atoms with Crippen molar-refractivity contribution in [3.63, 3.8) is 0 Å². The summed E-state index contributed by atoms with van der Waals surface area (Å²) in [6, 6.07) is 3.85. The van der Waals surface area contributed by atoms with Crippen molar-refractivity contribution in [2.24, 2.45) is 12.8 Å². The highest BCUT2D eigenvalue weighted by molar-refractivity contribution is 7.99. The van der Waals surface area contributed by atoms with Crippen LogP contribution >= 0.6 is 11.8 Å². The SMILES string of the molecule is CC(N)Cc1ccc(Sc2nc(=O)c(=O)[nH]n2C)nc1. The van der Waals surface area contributed by atoms with E-state index in [1.807, 2.05) is 19.1 Å². The van der Waals surface area contributed by atoms with Crippen LogP contribution in [0.15, 0.2) is 38.1 Å². The van der Waals surface area contributed by atoms with E-state index in [1.165, 1.54) is 16.4 Å². The average molecular weight is 293 g/mol. The van der Waals surface area contributed by atoms with Gasteiger partial charge in [0.2, 0.25) is 0 Å². The number of H-pyrrole nitrogens is 1. The zero-order valence-electron chi connectivity index (χ0n) is 11.2. The summed E-state index contributed by atoms with van der Waals surface area (Å²) in [5.74, 6) is 0. The lowest BCUT2D eigenvalue weighted by molar-refractivity contribution is 0.596. The van der Waals surface area contributed by atoms with Gasteiger partial charge in [-0.05, 0) is 36.7 Å². The molecule has 0 aliphatic carbocycles. The maximum absolute atomic E-state index is 11.2. The number of pyridine rings is 1. The minimum absolute atomic E-state index is 0.0805. The van der Waals surface area contributed by atoms with Gasteiger partial charge in [0.25, 0.3) is 0 Å². The molecule has 0 aliphatic rings. The molecular formula is C12H15N5O2S. The molecule has 2 aromatic heterocycles. The Bertz CT molecular complexity index is 705. The van der Waals surface area contributed by atoms with Crippen molar-refractivity contribution >= 4 is 11.8 Å². The Hall–Kier alpha value is -1.93. The monoisotopic (exact) mass is 293 g/mol. The highest BCUT2D eigenvalue weighted by atomic mass is 32.2. The van der Waals surface area contributed by atoms with Crippen molar-refractivity contribution in [3.05, 3.63) is 44.6 Å². The molecule has 8 heteroatoms. The maximum Gasteiger partial charge on any atom is 0.339 e. The first-order valence-corrected chi connectivity index (χ1v) is 6.83. The van der Waals surface area contributed by atoms with Gasteiger partial charge in [-0.25, -0.2) is 4.98 Å². The number of rotatable bonds is 4. The lowest BCUT2D eigenvalue weighted by Gasteiger charge is -2.07. The van der Waals surface area contributed by atoms with Gasteiger partial charge in [0.05, 0.1) is 0 Å². The van der Waals surface area contributed by atoms with E-state index >= 15 is 0 Å². The highest BCUT2D eigenvalue weighted by Crippen LogP contribution is 2.22. The number of aromatic nitrogens is 4. The molecule has 0 fully saturated rings. The Morgan fingerprint density at radius 2 is 2.20 bits per heavy atom. The van der Waals surface area contributed by atoms with Crippen LogP contribution in [0.3, 0.4) is 0 Å². The smallest absolute Gasteiger partial charge is 0.328 e. The van der Waals surface area contributed by atoms with Gasteiger partial charge < -0.3 is 5.73 Å². The van der Waals surface area contributed by atoms with Gasteiger partial charge in [-0.1, -0.05) is 6.07 Å². The molecule has 0 radical (unpaired) electrons. The zero-order valence-corrected chi connectivity index (χ0v) is 12.0. The van der Waals surface area contributed by atoms with Crippen LogP contribution < -0.4 is 16.9 Å². The molecule has 0 spiro atoms. The summed E-state index contributed by atoms with van der Waals surface area (Å²) in [4.78, 5) is 30.3. The summed E-state index contributed by atoms with van der Waals surface area (Å²) in [6.45, 7) is 1.93. The number of hydrogen-bond acceptors (Lipinski definition) is 6. The van der Waals surface area contributed by atoms with Crippen LogP contribution in [0, 0.1) is 0 Å². The van der Waals surface area contributed by atoms with E-state index in [9.17, 15) is 9.59 Å². The number of nitrogens with one attached hydrogen (secondary N) is 1. The first kappa shape index (κ1) is 14.5. The van der Waals surface area contributed by atoms with Crippen LogP contribution in [0.4, 0.5) is 0 Å². The molecule has 1 unspecified atom stereocenters. The van der Waals surface area contributed by atoms with Gasteiger partial charge in [-0.2, -0.15) is 4.98 Å². The Labute approximate surface area is 119 Å². The molecule has 0 bridgehead atoms. The van der Waals surface area contributed by atoms with E-state index < -0.39 is 11.1 Å². The van der Waals surface area contributed by atoms with Crippen LogP contribution in [0.2, 0.25) is 0 Å². The normalized spacial score (nSPS) is 12.3. The predicted molar refractivity (Wildman–Crippen MR) is 75.8 cm³/mol. The molecular weight excluding hydrogens is 278 g/mol. The third kappa shape index (κ3) is 3.55. The van der Waals surface area contributed by atoms with Crippen LogP contribution in [-0.4, -0.2) is 25.8 Å². The predicted octanol–water partition coefficient (Wildman–Crippen LogP) is -0.0955. The summed E-state index contributed by atoms with van der Waals surface area (Å²) in [5.41, 5.74) is 5.23. The van der Waals surface area contributed by atoms with Gasteiger partial charge >= 0.3 is 11.1 Å². The van der Waals surface area contributed by atoms with Gasteiger partial charge in [0, 0.05) is 19.3 Å². The summed E-state index contributed by atoms with van der Waals surface area (Å²) in [7, 11) is 1.61. The molecule has 0 saturated heterocycles. The quantitative estimate of drug-likeness (QED) is 0.763. The standard InChI is InChI=1S/C12H15N5O2S/c1-7(13)5-8-3-4-9(14-6-8)20-12-15-10(18)11(19)16-17(12)2/h3-4,6-7H,5,13H2,1-2H3,(H,16,19). The maximum atomic E-state index is 11.2. The minimum atomic E-state index is -0.806.